The Hall–Kier alpha value is -3.56. The van der Waals surface area contributed by atoms with Gasteiger partial charge in [0.15, 0.2) is 0 Å². The summed E-state index contributed by atoms with van der Waals surface area (Å²) in [6, 6.07) is 16.4. The van der Waals surface area contributed by atoms with Crippen LogP contribution >= 0.6 is 0 Å². The Bertz CT molecular complexity index is 1180. The van der Waals surface area contributed by atoms with Crippen LogP contribution in [0, 0.1) is 11.8 Å². The number of amides is 1. The van der Waals surface area contributed by atoms with Crippen molar-refractivity contribution in [3.8, 4) is 23.1 Å². The zero-order chi connectivity index (χ0) is 22.8. The first-order valence-electron chi connectivity index (χ1n) is 10.9. The van der Waals surface area contributed by atoms with Gasteiger partial charge in [-0.05, 0) is 68.3 Å². The molecule has 0 radical (unpaired) electrons. The molecule has 1 aromatic heterocycles. The van der Waals surface area contributed by atoms with Gasteiger partial charge in [-0.1, -0.05) is 17.9 Å². The van der Waals surface area contributed by atoms with Crippen LogP contribution in [0.5, 0.6) is 0 Å². The SMILES string of the molecule is CC(=O)N1c2ccc(-c3ccnn3C)cc2[C@H](Nc2ccc(C#CC(C)N)cc2)C[C@@H]1C. The molecule has 0 saturated heterocycles. The van der Waals surface area contributed by atoms with Gasteiger partial charge in [0.05, 0.1) is 17.8 Å². The predicted molar refractivity (Wildman–Crippen MR) is 129 cm³/mol. The number of carbonyl (C=O) groups is 1. The Balaban J connectivity index is 1.69. The molecule has 1 unspecified atom stereocenters. The van der Waals surface area contributed by atoms with Crippen LogP contribution in [-0.4, -0.2) is 27.8 Å². The van der Waals surface area contributed by atoms with E-state index in [1.165, 1.54) is 0 Å². The maximum atomic E-state index is 12.4. The van der Waals surface area contributed by atoms with E-state index < -0.39 is 0 Å². The van der Waals surface area contributed by atoms with Gasteiger partial charge in [-0.15, -0.1) is 0 Å². The van der Waals surface area contributed by atoms with E-state index in [4.69, 9.17) is 5.73 Å². The van der Waals surface area contributed by atoms with E-state index in [9.17, 15) is 4.79 Å². The summed E-state index contributed by atoms with van der Waals surface area (Å²) in [7, 11) is 1.93. The summed E-state index contributed by atoms with van der Waals surface area (Å²) in [6.45, 7) is 5.60. The van der Waals surface area contributed by atoms with E-state index in [0.717, 1.165) is 40.2 Å². The van der Waals surface area contributed by atoms with Gasteiger partial charge in [-0.2, -0.15) is 5.10 Å². The molecule has 4 rings (SSSR count). The number of rotatable bonds is 3. The van der Waals surface area contributed by atoms with Crippen molar-refractivity contribution in [3.05, 3.63) is 65.9 Å². The lowest BCUT2D eigenvalue weighted by atomic mass is 9.89. The van der Waals surface area contributed by atoms with Crippen LogP contribution in [0.25, 0.3) is 11.3 Å². The van der Waals surface area contributed by atoms with Crippen LogP contribution in [0.1, 0.15) is 44.4 Å². The number of aromatic nitrogens is 2. The van der Waals surface area contributed by atoms with Crippen molar-refractivity contribution in [1.29, 1.82) is 0 Å². The first-order valence-corrected chi connectivity index (χ1v) is 10.9. The smallest absolute Gasteiger partial charge is 0.224 e. The molecule has 0 saturated carbocycles. The molecule has 164 valence electrons. The lowest BCUT2D eigenvalue weighted by Gasteiger charge is -2.39. The molecule has 2 aromatic carbocycles. The van der Waals surface area contributed by atoms with Crippen molar-refractivity contribution in [3.63, 3.8) is 0 Å². The number of carbonyl (C=O) groups excluding carboxylic acids is 1. The summed E-state index contributed by atoms with van der Waals surface area (Å²) < 4.78 is 1.86. The highest BCUT2D eigenvalue weighted by Gasteiger charge is 2.32. The van der Waals surface area contributed by atoms with Gasteiger partial charge in [0, 0.05) is 48.7 Å². The average molecular weight is 428 g/mol. The summed E-state index contributed by atoms with van der Waals surface area (Å²) >= 11 is 0. The van der Waals surface area contributed by atoms with Gasteiger partial charge >= 0.3 is 0 Å². The van der Waals surface area contributed by atoms with Crippen molar-refractivity contribution >= 4 is 17.3 Å². The van der Waals surface area contributed by atoms with Crippen molar-refractivity contribution in [2.24, 2.45) is 12.8 Å². The van der Waals surface area contributed by atoms with Crippen molar-refractivity contribution in [2.75, 3.05) is 10.2 Å². The highest BCUT2D eigenvalue weighted by molar-refractivity contribution is 5.94. The minimum Gasteiger partial charge on any atom is -0.378 e. The van der Waals surface area contributed by atoms with E-state index >= 15 is 0 Å². The molecule has 6 nitrogen and oxygen atoms in total. The van der Waals surface area contributed by atoms with Crippen molar-refractivity contribution in [2.45, 2.75) is 45.3 Å². The molecule has 3 N–H and O–H groups in total. The minimum atomic E-state index is -0.147. The standard InChI is InChI=1S/C26H29N5O/c1-17(27)5-6-20-7-10-22(11-8-20)29-24-15-18(2)31(19(3)32)26-12-9-21(16-23(24)26)25-13-14-28-30(25)4/h7-14,16-18,24,29H,15,27H2,1-4H3/t17?,18-,24+/m0/s1. The fourth-order valence-corrected chi connectivity index (χ4v) is 4.35. The van der Waals surface area contributed by atoms with Crippen LogP contribution in [0.3, 0.4) is 0 Å². The molecule has 1 aliphatic heterocycles. The molecule has 0 bridgehead atoms. The average Bonchev–Trinajstić information content (AvgIpc) is 3.18. The molecule has 3 atom stereocenters. The van der Waals surface area contributed by atoms with Crippen molar-refractivity contribution in [1.82, 2.24) is 9.78 Å². The Kier molecular flexibility index (Phi) is 6.02. The van der Waals surface area contributed by atoms with Gasteiger partial charge in [0.25, 0.3) is 0 Å². The third-order valence-corrected chi connectivity index (χ3v) is 5.81. The summed E-state index contributed by atoms with van der Waals surface area (Å²) in [4.78, 5) is 14.3. The zero-order valence-corrected chi connectivity index (χ0v) is 19.0. The molecule has 3 aromatic rings. The molecule has 0 aliphatic carbocycles. The summed E-state index contributed by atoms with van der Waals surface area (Å²) in [5, 5.41) is 7.97. The van der Waals surface area contributed by atoms with Crippen LogP contribution < -0.4 is 16.0 Å². The third-order valence-electron chi connectivity index (χ3n) is 5.81. The number of benzene rings is 2. The molecule has 32 heavy (non-hydrogen) atoms. The fraction of sp³-hybridized carbons (Fsp3) is 0.308. The Morgan fingerprint density at radius 2 is 1.97 bits per heavy atom. The monoisotopic (exact) mass is 427 g/mol. The number of hydrogen-bond acceptors (Lipinski definition) is 4. The summed E-state index contributed by atoms with van der Waals surface area (Å²) in [6.07, 6.45) is 2.61. The molecule has 6 heteroatoms. The molecular formula is C26H29N5O. The molecule has 1 aliphatic rings. The number of fused-ring (bicyclic) bond motifs is 1. The van der Waals surface area contributed by atoms with Gasteiger partial charge in [-0.25, -0.2) is 0 Å². The van der Waals surface area contributed by atoms with Crippen LogP contribution in [0.15, 0.2) is 54.7 Å². The Morgan fingerprint density at radius 3 is 2.59 bits per heavy atom. The zero-order valence-electron chi connectivity index (χ0n) is 19.0. The highest BCUT2D eigenvalue weighted by Crippen LogP contribution is 2.41. The van der Waals surface area contributed by atoms with Crippen LogP contribution in [-0.2, 0) is 11.8 Å². The molecule has 0 fully saturated rings. The molecular weight excluding hydrogens is 398 g/mol. The van der Waals surface area contributed by atoms with Crippen molar-refractivity contribution < 1.29 is 4.79 Å². The predicted octanol–water partition coefficient (Wildman–Crippen LogP) is 4.08. The largest absolute Gasteiger partial charge is 0.378 e. The van der Waals surface area contributed by atoms with E-state index in [0.29, 0.717) is 0 Å². The highest BCUT2D eigenvalue weighted by atomic mass is 16.2. The second kappa shape index (κ2) is 8.89. The summed E-state index contributed by atoms with van der Waals surface area (Å²) in [5.41, 5.74) is 11.9. The molecule has 0 spiro atoms. The topological polar surface area (TPSA) is 76.2 Å². The van der Waals surface area contributed by atoms with E-state index in [-0.39, 0.29) is 24.0 Å². The first kappa shape index (κ1) is 21.7. The lowest BCUT2D eigenvalue weighted by Crippen LogP contribution is -2.43. The van der Waals surface area contributed by atoms with Gasteiger partial charge in [0.1, 0.15) is 0 Å². The number of anilines is 2. The van der Waals surface area contributed by atoms with E-state index in [1.54, 1.807) is 13.1 Å². The van der Waals surface area contributed by atoms with Crippen LogP contribution in [0.4, 0.5) is 11.4 Å². The maximum Gasteiger partial charge on any atom is 0.224 e. The fourth-order valence-electron chi connectivity index (χ4n) is 4.35. The number of hydrogen-bond donors (Lipinski definition) is 2. The molecule has 1 amide bonds. The maximum absolute atomic E-state index is 12.4. The quantitative estimate of drug-likeness (QED) is 0.618. The first-order chi connectivity index (χ1) is 15.3. The normalized spacial score (nSPS) is 18.3. The number of nitrogens with zero attached hydrogens (tertiary/aromatic N) is 3. The third kappa shape index (κ3) is 4.39. The van der Waals surface area contributed by atoms with Gasteiger partial charge in [-0.3, -0.25) is 9.48 Å². The number of aryl methyl sites for hydroxylation is 1. The van der Waals surface area contributed by atoms with E-state index in [1.807, 2.05) is 53.9 Å². The number of nitrogens with two attached hydrogens (primary N) is 1. The van der Waals surface area contributed by atoms with Gasteiger partial charge in [0.2, 0.25) is 5.91 Å². The minimum absolute atomic E-state index is 0.0579. The Labute approximate surface area is 189 Å². The molecule has 2 heterocycles. The second-order valence-electron chi connectivity index (χ2n) is 8.42. The second-order valence-corrected chi connectivity index (χ2v) is 8.42. The number of nitrogens with one attached hydrogen (secondary N) is 1. The van der Waals surface area contributed by atoms with Crippen LogP contribution in [0.2, 0.25) is 0 Å². The van der Waals surface area contributed by atoms with E-state index in [2.05, 4.69) is 47.4 Å². The summed E-state index contributed by atoms with van der Waals surface area (Å²) in [5.74, 6) is 6.13. The van der Waals surface area contributed by atoms with Gasteiger partial charge < -0.3 is 16.0 Å². The lowest BCUT2D eigenvalue weighted by molar-refractivity contribution is -0.117. The Morgan fingerprint density at radius 1 is 1.22 bits per heavy atom.